The smallest absolute Gasteiger partial charge is 0.407 e. The van der Waals surface area contributed by atoms with Gasteiger partial charge in [0.2, 0.25) is 0 Å². The van der Waals surface area contributed by atoms with Gasteiger partial charge in [-0.15, -0.1) is 11.3 Å². The molecular formula is C25H26FN3O3S. The number of rotatable bonds is 3. The Labute approximate surface area is 196 Å². The van der Waals surface area contributed by atoms with E-state index >= 15 is 0 Å². The lowest BCUT2D eigenvalue weighted by molar-refractivity contribution is 0.0627. The Morgan fingerprint density at radius 1 is 0.939 bits per heavy atom. The van der Waals surface area contributed by atoms with Gasteiger partial charge in [-0.3, -0.25) is 9.78 Å². The summed E-state index contributed by atoms with van der Waals surface area (Å²) in [6.45, 7) is 7.51. The predicted molar refractivity (Wildman–Crippen MR) is 127 cm³/mol. The topological polar surface area (TPSA) is 73.7 Å². The maximum atomic E-state index is 13.7. The summed E-state index contributed by atoms with van der Waals surface area (Å²) in [5.41, 5.74) is 3.33. The third-order valence-electron chi connectivity index (χ3n) is 5.77. The first-order valence-corrected chi connectivity index (χ1v) is 11.6. The summed E-state index contributed by atoms with van der Waals surface area (Å²) >= 11 is 1.41. The summed E-state index contributed by atoms with van der Waals surface area (Å²) in [5.74, 6) is -0.414. The fraction of sp³-hybridized carbons (Fsp3) is 0.320. The lowest BCUT2D eigenvalue weighted by Gasteiger charge is -2.33. The van der Waals surface area contributed by atoms with Crippen molar-refractivity contribution in [2.24, 2.45) is 0 Å². The number of aromatic nitrogens is 1. The maximum Gasteiger partial charge on any atom is 0.407 e. The first-order valence-electron chi connectivity index (χ1n) is 10.8. The van der Waals surface area contributed by atoms with Crippen molar-refractivity contribution in [3.8, 4) is 21.6 Å². The van der Waals surface area contributed by atoms with E-state index in [0.717, 1.165) is 27.1 Å². The minimum atomic E-state index is -0.966. The van der Waals surface area contributed by atoms with Crippen LogP contribution in [0.25, 0.3) is 21.6 Å². The van der Waals surface area contributed by atoms with Gasteiger partial charge >= 0.3 is 6.09 Å². The molecule has 1 aliphatic heterocycles. The van der Waals surface area contributed by atoms with E-state index in [0.29, 0.717) is 31.1 Å². The van der Waals surface area contributed by atoms with Crippen molar-refractivity contribution in [1.29, 1.82) is 0 Å². The van der Waals surface area contributed by atoms with E-state index in [2.05, 4.69) is 25.8 Å². The number of hydrogen-bond acceptors (Lipinski definition) is 4. The van der Waals surface area contributed by atoms with Crippen molar-refractivity contribution in [2.75, 3.05) is 26.2 Å². The molecule has 1 aliphatic rings. The third kappa shape index (κ3) is 4.61. The van der Waals surface area contributed by atoms with Crippen LogP contribution in [0, 0.1) is 5.82 Å². The van der Waals surface area contributed by atoms with Gasteiger partial charge in [0, 0.05) is 49.0 Å². The largest absolute Gasteiger partial charge is 0.465 e. The number of amides is 2. The second-order valence-corrected chi connectivity index (χ2v) is 10.1. The number of carboxylic acid groups (broad SMARTS) is 1. The van der Waals surface area contributed by atoms with Crippen LogP contribution < -0.4 is 0 Å². The predicted octanol–water partition coefficient (Wildman–Crippen LogP) is 5.35. The Hall–Kier alpha value is -3.26. The molecule has 8 heteroatoms. The summed E-state index contributed by atoms with van der Waals surface area (Å²) in [6.07, 6.45) is 2.48. The third-order valence-corrected chi connectivity index (χ3v) is 6.99. The first-order chi connectivity index (χ1) is 15.7. The highest BCUT2D eigenvalue weighted by molar-refractivity contribution is 7.18. The summed E-state index contributed by atoms with van der Waals surface area (Å²) in [4.78, 5) is 33.7. The lowest BCUT2D eigenvalue weighted by atomic mass is 9.81. The second-order valence-electron chi connectivity index (χ2n) is 9.06. The molecule has 4 rings (SSSR count). The number of halogens is 1. The van der Waals surface area contributed by atoms with E-state index < -0.39 is 6.09 Å². The van der Waals surface area contributed by atoms with Crippen LogP contribution in [-0.2, 0) is 5.41 Å². The average molecular weight is 468 g/mol. The standard InChI is InChI=1S/C25H26FN3O3S/c1-25(2,3)20-19(16-8-10-27-11-9-16)21(17-4-6-18(26)7-5-17)33-22(20)23(30)28-12-14-29(15-13-28)24(31)32/h4-11H,12-15H2,1-3H3,(H,31,32). The quantitative estimate of drug-likeness (QED) is 0.564. The molecule has 172 valence electrons. The van der Waals surface area contributed by atoms with Gasteiger partial charge in [-0.1, -0.05) is 32.9 Å². The van der Waals surface area contributed by atoms with Crippen molar-refractivity contribution in [2.45, 2.75) is 26.2 Å². The van der Waals surface area contributed by atoms with Gasteiger partial charge in [0.1, 0.15) is 5.82 Å². The van der Waals surface area contributed by atoms with Gasteiger partial charge in [-0.25, -0.2) is 9.18 Å². The number of pyridine rings is 1. The number of carbonyl (C=O) groups is 2. The molecule has 0 aliphatic carbocycles. The molecule has 0 radical (unpaired) electrons. The number of thiophene rings is 1. The Kier molecular flexibility index (Phi) is 6.21. The normalized spacial score (nSPS) is 14.4. The van der Waals surface area contributed by atoms with Crippen LogP contribution in [0.1, 0.15) is 36.0 Å². The van der Waals surface area contributed by atoms with Crippen LogP contribution in [-0.4, -0.2) is 58.1 Å². The summed E-state index contributed by atoms with van der Waals surface area (Å²) in [7, 11) is 0. The molecule has 0 saturated carbocycles. The highest BCUT2D eigenvalue weighted by Gasteiger charge is 2.34. The van der Waals surface area contributed by atoms with Crippen LogP contribution in [0.4, 0.5) is 9.18 Å². The molecule has 0 bridgehead atoms. The Morgan fingerprint density at radius 3 is 2.06 bits per heavy atom. The minimum absolute atomic E-state index is 0.0985. The summed E-state index contributed by atoms with van der Waals surface area (Å²) in [5, 5.41) is 9.24. The lowest BCUT2D eigenvalue weighted by Crippen LogP contribution is -2.50. The molecule has 0 spiro atoms. The zero-order chi connectivity index (χ0) is 23.8. The molecule has 2 amide bonds. The number of hydrogen-bond donors (Lipinski definition) is 1. The SMILES string of the molecule is CC(C)(C)c1c(C(=O)N2CCN(C(=O)O)CC2)sc(-c2ccc(F)cc2)c1-c1ccncc1. The van der Waals surface area contributed by atoms with Gasteiger partial charge in [0.15, 0.2) is 0 Å². The van der Waals surface area contributed by atoms with Crippen molar-refractivity contribution < 1.29 is 19.1 Å². The zero-order valence-corrected chi connectivity index (χ0v) is 19.7. The second kappa shape index (κ2) is 8.94. The van der Waals surface area contributed by atoms with Gasteiger partial charge in [0.05, 0.1) is 4.88 Å². The Bertz CT molecular complexity index is 1160. The van der Waals surface area contributed by atoms with E-state index in [1.165, 1.54) is 28.4 Å². The Balaban J connectivity index is 1.86. The van der Waals surface area contributed by atoms with Gasteiger partial charge < -0.3 is 14.9 Å². The molecule has 6 nitrogen and oxygen atoms in total. The van der Waals surface area contributed by atoms with Crippen LogP contribution in [0.3, 0.4) is 0 Å². The van der Waals surface area contributed by atoms with Crippen molar-refractivity contribution in [1.82, 2.24) is 14.8 Å². The molecule has 1 N–H and O–H groups in total. The summed E-state index contributed by atoms with van der Waals surface area (Å²) in [6, 6.07) is 10.2. The van der Waals surface area contributed by atoms with E-state index in [1.807, 2.05) is 12.1 Å². The number of nitrogens with zero attached hydrogens (tertiary/aromatic N) is 3. The van der Waals surface area contributed by atoms with Gasteiger partial charge in [-0.05, 0) is 46.4 Å². The van der Waals surface area contributed by atoms with Crippen molar-refractivity contribution in [3.05, 3.63) is 65.0 Å². The first kappa shape index (κ1) is 22.9. The van der Waals surface area contributed by atoms with Gasteiger partial charge in [-0.2, -0.15) is 0 Å². The zero-order valence-electron chi connectivity index (χ0n) is 18.8. The Morgan fingerprint density at radius 2 is 1.52 bits per heavy atom. The summed E-state index contributed by atoms with van der Waals surface area (Å²) < 4.78 is 13.6. The van der Waals surface area contributed by atoms with Crippen molar-refractivity contribution in [3.63, 3.8) is 0 Å². The monoisotopic (exact) mass is 467 g/mol. The molecule has 3 heterocycles. The average Bonchev–Trinajstić information content (AvgIpc) is 3.21. The fourth-order valence-electron chi connectivity index (χ4n) is 4.14. The highest BCUT2D eigenvalue weighted by Crippen LogP contribution is 2.48. The molecule has 1 fully saturated rings. The van der Waals surface area contributed by atoms with Crippen molar-refractivity contribution >= 4 is 23.3 Å². The fourth-order valence-corrected chi connectivity index (χ4v) is 5.65. The number of benzene rings is 1. The molecule has 33 heavy (non-hydrogen) atoms. The van der Waals surface area contributed by atoms with Crippen LogP contribution >= 0.6 is 11.3 Å². The van der Waals surface area contributed by atoms with Crippen LogP contribution in [0.15, 0.2) is 48.8 Å². The molecule has 1 aromatic carbocycles. The van der Waals surface area contributed by atoms with Gasteiger partial charge in [0.25, 0.3) is 5.91 Å². The molecule has 0 atom stereocenters. The molecule has 1 saturated heterocycles. The van der Waals surface area contributed by atoms with Crippen LogP contribution in [0.2, 0.25) is 0 Å². The highest BCUT2D eigenvalue weighted by atomic mass is 32.1. The van der Waals surface area contributed by atoms with E-state index in [-0.39, 0.29) is 17.1 Å². The minimum Gasteiger partial charge on any atom is -0.465 e. The van der Waals surface area contributed by atoms with E-state index in [1.54, 1.807) is 29.4 Å². The van der Waals surface area contributed by atoms with E-state index in [9.17, 15) is 19.1 Å². The molecule has 2 aromatic heterocycles. The van der Waals surface area contributed by atoms with Crippen LogP contribution in [0.5, 0.6) is 0 Å². The molecule has 3 aromatic rings. The van der Waals surface area contributed by atoms with E-state index in [4.69, 9.17) is 0 Å². The number of carbonyl (C=O) groups excluding carboxylic acids is 1. The molecule has 0 unspecified atom stereocenters. The number of piperazine rings is 1. The molecular weight excluding hydrogens is 441 g/mol. The maximum absolute atomic E-state index is 13.7.